The largest absolute Gasteiger partial charge is 0.371 e. The summed E-state index contributed by atoms with van der Waals surface area (Å²) in [4.78, 5) is 7.76. The standard InChI is InChI=1S/C22H19F2IN4/c1-10-8-27-21-22(3,4)28-17-7-15(24)18(11(2)20(17)29(10)21)14-6-12(23)5-13-16(25)9-26-19(13)14/h5-9,26,28H,1-4H3. The fourth-order valence-corrected chi connectivity index (χ4v) is 4.98. The summed E-state index contributed by atoms with van der Waals surface area (Å²) in [5.41, 5.74) is 4.46. The Labute approximate surface area is 180 Å². The summed E-state index contributed by atoms with van der Waals surface area (Å²) in [5.74, 6) is 0.0875. The number of hydrogen-bond acceptors (Lipinski definition) is 2. The number of aromatic amines is 1. The average molecular weight is 504 g/mol. The van der Waals surface area contributed by atoms with E-state index in [1.165, 1.54) is 18.2 Å². The van der Waals surface area contributed by atoms with Crippen molar-refractivity contribution in [2.45, 2.75) is 33.2 Å². The van der Waals surface area contributed by atoms with E-state index in [-0.39, 0.29) is 11.6 Å². The van der Waals surface area contributed by atoms with Crippen molar-refractivity contribution in [3.8, 4) is 16.8 Å². The number of nitrogens with one attached hydrogen (secondary N) is 2. The molecule has 0 radical (unpaired) electrons. The van der Waals surface area contributed by atoms with Crippen LogP contribution in [0.2, 0.25) is 0 Å². The second kappa shape index (κ2) is 6.04. The van der Waals surface area contributed by atoms with Crippen molar-refractivity contribution < 1.29 is 8.78 Å². The molecule has 4 nitrogen and oxygen atoms in total. The van der Waals surface area contributed by atoms with Gasteiger partial charge in [-0.3, -0.25) is 4.57 Å². The Morgan fingerprint density at radius 3 is 2.66 bits per heavy atom. The molecule has 0 saturated heterocycles. The molecule has 2 aromatic heterocycles. The van der Waals surface area contributed by atoms with E-state index < -0.39 is 5.54 Å². The summed E-state index contributed by atoms with van der Waals surface area (Å²) in [5, 5.41) is 4.16. The second-order valence-corrected chi connectivity index (χ2v) is 9.24. The van der Waals surface area contributed by atoms with Crippen LogP contribution in [-0.4, -0.2) is 14.5 Å². The summed E-state index contributed by atoms with van der Waals surface area (Å²) in [6, 6.07) is 4.38. The number of nitrogens with zero attached hydrogens (tertiary/aromatic N) is 2. The van der Waals surface area contributed by atoms with E-state index in [2.05, 4.69) is 42.4 Å². The van der Waals surface area contributed by atoms with Gasteiger partial charge in [0.05, 0.1) is 22.4 Å². The van der Waals surface area contributed by atoms with Crippen molar-refractivity contribution >= 4 is 39.2 Å². The minimum atomic E-state index is -0.441. The Bertz CT molecular complexity index is 1320. The van der Waals surface area contributed by atoms with Crippen LogP contribution in [0.15, 0.2) is 30.6 Å². The van der Waals surface area contributed by atoms with E-state index in [0.717, 1.165) is 37.2 Å². The number of benzene rings is 2. The van der Waals surface area contributed by atoms with Crippen molar-refractivity contribution in [3.05, 3.63) is 62.9 Å². The molecule has 0 spiro atoms. The Balaban J connectivity index is 1.88. The summed E-state index contributed by atoms with van der Waals surface area (Å²) < 4.78 is 32.8. The highest BCUT2D eigenvalue weighted by Gasteiger charge is 2.35. The maximum Gasteiger partial charge on any atom is 0.138 e. The van der Waals surface area contributed by atoms with Crippen LogP contribution in [0.4, 0.5) is 14.5 Å². The molecule has 2 aromatic carbocycles. The Morgan fingerprint density at radius 2 is 1.90 bits per heavy atom. The lowest BCUT2D eigenvalue weighted by molar-refractivity contribution is 0.534. The van der Waals surface area contributed by atoms with E-state index in [4.69, 9.17) is 0 Å². The molecule has 0 saturated carbocycles. The van der Waals surface area contributed by atoms with Gasteiger partial charge in [0.1, 0.15) is 17.5 Å². The number of imidazole rings is 1. The highest BCUT2D eigenvalue weighted by atomic mass is 127. The third-order valence-electron chi connectivity index (χ3n) is 5.64. The number of H-pyrrole nitrogens is 1. The number of aryl methyl sites for hydroxylation is 1. The monoisotopic (exact) mass is 504 g/mol. The van der Waals surface area contributed by atoms with Crippen LogP contribution in [-0.2, 0) is 5.54 Å². The van der Waals surface area contributed by atoms with Crippen molar-refractivity contribution in [1.82, 2.24) is 14.5 Å². The van der Waals surface area contributed by atoms with Gasteiger partial charge in [0.15, 0.2) is 0 Å². The molecule has 1 aliphatic rings. The van der Waals surface area contributed by atoms with Crippen LogP contribution >= 0.6 is 22.6 Å². The van der Waals surface area contributed by atoms with Gasteiger partial charge in [0.2, 0.25) is 0 Å². The van der Waals surface area contributed by atoms with Crippen molar-refractivity contribution in [3.63, 3.8) is 0 Å². The molecule has 29 heavy (non-hydrogen) atoms. The van der Waals surface area contributed by atoms with E-state index >= 15 is 4.39 Å². The van der Waals surface area contributed by atoms with E-state index in [1.54, 1.807) is 0 Å². The van der Waals surface area contributed by atoms with Gasteiger partial charge in [-0.2, -0.15) is 0 Å². The first-order chi connectivity index (χ1) is 13.7. The van der Waals surface area contributed by atoms with E-state index in [0.29, 0.717) is 16.8 Å². The average Bonchev–Trinajstić information content (AvgIpc) is 3.19. The first-order valence-corrected chi connectivity index (χ1v) is 10.4. The number of aromatic nitrogens is 3. The smallest absolute Gasteiger partial charge is 0.138 e. The molecule has 7 heteroatoms. The van der Waals surface area contributed by atoms with Crippen molar-refractivity contribution in [2.24, 2.45) is 0 Å². The molecule has 3 heterocycles. The zero-order chi connectivity index (χ0) is 20.7. The van der Waals surface area contributed by atoms with Gasteiger partial charge in [-0.15, -0.1) is 0 Å². The molecule has 2 N–H and O–H groups in total. The Kier molecular flexibility index (Phi) is 3.87. The Morgan fingerprint density at radius 1 is 1.14 bits per heavy atom. The summed E-state index contributed by atoms with van der Waals surface area (Å²) in [7, 11) is 0. The Hall–Kier alpha value is -2.42. The maximum atomic E-state index is 15.4. The number of rotatable bonds is 1. The van der Waals surface area contributed by atoms with Crippen LogP contribution in [0.25, 0.3) is 27.7 Å². The van der Waals surface area contributed by atoms with Crippen LogP contribution in [0.3, 0.4) is 0 Å². The van der Waals surface area contributed by atoms with Gasteiger partial charge in [-0.1, -0.05) is 0 Å². The first-order valence-electron chi connectivity index (χ1n) is 9.32. The molecular formula is C22H19F2IN4. The molecular weight excluding hydrogens is 485 g/mol. The van der Waals surface area contributed by atoms with Crippen LogP contribution < -0.4 is 5.32 Å². The third kappa shape index (κ3) is 2.56. The lowest BCUT2D eigenvalue weighted by Crippen LogP contribution is -2.36. The molecule has 0 atom stereocenters. The number of fused-ring (bicyclic) bond motifs is 4. The zero-order valence-corrected chi connectivity index (χ0v) is 18.6. The van der Waals surface area contributed by atoms with Crippen LogP contribution in [0.1, 0.15) is 30.9 Å². The minimum Gasteiger partial charge on any atom is -0.371 e. The summed E-state index contributed by atoms with van der Waals surface area (Å²) in [6.07, 6.45) is 3.63. The summed E-state index contributed by atoms with van der Waals surface area (Å²) >= 11 is 2.15. The third-order valence-corrected chi connectivity index (χ3v) is 6.53. The maximum absolute atomic E-state index is 15.4. The van der Waals surface area contributed by atoms with Gasteiger partial charge >= 0.3 is 0 Å². The van der Waals surface area contributed by atoms with Crippen LogP contribution in [0.5, 0.6) is 0 Å². The fraction of sp³-hybridized carbons (Fsp3) is 0.227. The minimum absolute atomic E-state index is 0.387. The molecule has 0 aliphatic carbocycles. The van der Waals surface area contributed by atoms with Gasteiger partial charge in [0, 0.05) is 38.2 Å². The van der Waals surface area contributed by atoms with Gasteiger partial charge in [0.25, 0.3) is 0 Å². The van der Waals surface area contributed by atoms with E-state index in [9.17, 15) is 4.39 Å². The van der Waals surface area contributed by atoms with Crippen LogP contribution in [0, 0.1) is 29.1 Å². The predicted molar refractivity (Wildman–Crippen MR) is 120 cm³/mol. The highest BCUT2D eigenvalue weighted by Crippen LogP contribution is 2.44. The number of halogens is 3. The quantitative estimate of drug-likeness (QED) is 0.304. The normalized spacial score (nSPS) is 14.6. The molecule has 0 amide bonds. The highest BCUT2D eigenvalue weighted by molar-refractivity contribution is 14.1. The van der Waals surface area contributed by atoms with Gasteiger partial charge in [-0.05, 0) is 74.0 Å². The molecule has 0 unspecified atom stereocenters. The molecule has 4 aromatic rings. The topological polar surface area (TPSA) is 45.6 Å². The fourth-order valence-electron chi connectivity index (χ4n) is 4.39. The van der Waals surface area contributed by atoms with Crippen molar-refractivity contribution in [2.75, 3.05) is 5.32 Å². The predicted octanol–water partition coefficient (Wildman–Crippen LogP) is 6.18. The lowest BCUT2D eigenvalue weighted by atomic mass is 9.92. The summed E-state index contributed by atoms with van der Waals surface area (Å²) in [6.45, 7) is 7.90. The molecule has 5 rings (SSSR count). The second-order valence-electron chi connectivity index (χ2n) is 8.08. The zero-order valence-electron chi connectivity index (χ0n) is 16.4. The lowest BCUT2D eigenvalue weighted by Gasteiger charge is -2.36. The molecule has 148 valence electrons. The van der Waals surface area contributed by atoms with E-state index in [1.807, 2.05) is 40.1 Å². The van der Waals surface area contributed by atoms with Gasteiger partial charge in [-0.25, -0.2) is 13.8 Å². The first kappa shape index (κ1) is 18.6. The number of anilines is 1. The molecule has 1 aliphatic heterocycles. The number of hydrogen-bond donors (Lipinski definition) is 2. The van der Waals surface area contributed by atoms with Crippen molar-refractivity contribution in [1.29, 1.82) is 0 Å². The SMILES string of the molecule is Cc1c(-c2cc(F)cc3c(I)c[nH]c23)c(F)cc2c1-n1c(C)cnc1C(C)(C)N2. The van der Waals surface area contributed by atoms with Gasteiger partial charge < -0.3 is 10.3 Å². The molecule has 0 fully saturated rings. The molecule has 0 bridgehead atoms.